The van der Waals surface area contributed by atoms with Crippen molar-refractivity contribution < 1.29 is 0 Å². The average Bonchev–Trinajstić information content (AvgIpc) is 2.26. The minimum atomic E-state index is -1.45. The standard InChI is InChI=1S/C14H25NSi/c1-12(2)16(11-10-15,13(3)4)14-8-6-5-7-9-14/h5-9,12-13H,10-11,15H2,1-4H3. The van der Waals surface area contributed by atoms with Crippen molar-refractivity contribution in [2.45, 2.75) is 44.8 Å². The molecule has 0 unspecified atom stereocenters. The summed E-state index contributed by atoms with van der Waals surface area (Å²) in [6, 6.07) is 12.2. The Morgan fingerprint density at radius 3 is 1.88 bits per heavy atom. The molecule has 90 valence electrons. The molecule has 1 aromatic carbocycles. The molecule has 16 heavy (non-hydrogen) atoms. The van der Waals surface area contributed by atoms with E-state index in [2.05, 4.69) is 58.0 Å². The van der Waals surface area contributed by atoms with Gasteiger partial charge in [0, 0.05) is 0 Å². The molecule has 0 bridgehead atoms. The molecule has 0 spiro atoms. The Balaban J connectivity index is 3.21. The minimum Gasteiger partial charge on any atom is -0.331 e. The van der Waals surface area contributed by atoms with Crippen molar-refractivity contribution in [1.29, 1.82) is 0 Å². The lowest BCUT2D eigenvalue weighted by atomic mass is 10.4. The van der Waals surface area contributed by atoms with Gasteiger partial charge in [-0.2, -0.15) is 0 Å². The van der Waals surface area contributed by atoms with E-state index in [4.69, 9.17) is 5.73 Å². The van der Waals surface area contributed by atoms with Gasteiger partial charge in [-0.1, -0.05) is 63.2 Å². The third kappa shape index (κ3) is 2.38. The number of rotatable bonds is 5. The van der Waals surface area contributed by atoms with E-state index in [9.17, 15) is 0 Å². The van der Waals surface area contributed by atoms with Crippen LogP contribution in [-0.2, 0) is 0 Å². The van der Waals surface area contributed by atoms with E-state index in [1.165, 1.54) is 6.04 Å². The average molecular weight is 235 g/mol. The molecule has 1 aromatic rings. The van der Waals surface area contributed by atoms with Crippen molar-refractivity contribution in [3.05, 3.63) is 30.3 Å². The van der Waals surface area contributed by atoms with Gasteiger partial charge in [0.2, 0.25) is 0 Å². The molecular weight excluding hydrogens is 210 g/mol. The number of hydrogen-bond acceptors (Lipinski definition) is 1. The Morgan fingerprint density at radius 1 is 1.00 bits per heavy atom. The van der Waals surface area contributed by atoms with Crippen LogP contribution in [0.5, 0.6) is 0 Å². The lowest BCUT2D eigenvalue weighted by Crippen LogP contribution is -2.54. The summed E-state index contributed by atoms with van der Waals surface area (Å²) in [5.74, 6) is 0. The third-order valence-electron chi connectivity index (χ3n) is 3.93. The number of nitrogens with two attached hydrogens (primary N) is 1. The third-order valence-corrected chi connectivity index (χ3v) is 10.6. The predicted molar refractivity (Wildman–Crippen MR) is 75.9 cm³/mol. The normalized spacial score (nSPS) is 12.4. The molecule has 2 heteroatoms. The summed E-state index contributed by atoms with van der Waals surface area (Å²) in [6.07, 6.45) is 0. The first kappa shape index (κ1) is 13.5. The van der Waals surface area contributed by atoms with Crippen LogP contribution in [0.4, 0.5) is 0 Å². The van der Waals surface area contributed by atoms with Crippen molar-refractivity contribution >= 4 is 13.3 Å². The Hall–Kier alpha value is -0.603. The SMILES string of the molecule is CC(C)[Si](CCN)(c1ccccc1)C(C)C. The van der Waals surface area contributed by atoms with E-state index >= 15 is 0 Å². The van der Waals surface area contributed by atoms with Crippen LogP contribution in [0.2, 0.25) is 17.1 Å². The maximum absolute atomic E-state index is 5.86. The molecule has 0 aliphatic rings. The summed E-state index contributed by atoms with van der Waals surface area (Å²) in [7, 11) is -1.45. The highest BCUT2D eigenvalue weighted by molar-refractivity contribution is 6.94. The summed E-state index contributed by atoms with van der Waals surface area (Å²) in [6.45, 7) is 10.3. The van der Waals surface area contributed by atoms with Gasteiger partial charge in [-0.15, -0.1) is 0 Å². The first-order chi connectivity index (χ1) is 7.55. The van der Waals surface area contributed by atoms with Gasteiger partial charge in [0.05, 0.1) is 8.07 Å². The molecule has 0 amide bonds. The summed E-state index contributed by atoms with van der Waals surface area (Å²) < 4.78 is 0. The zero-order valence-corrected chi connectivity index (χ0v) is 12.0. The number of hydrogen-bond donors (Lipinski definition) is 1. The zero-order chi connectivity index (χ0) is 12.2. The van der Waals surface area contributed by atoms with Crippen LogP contribution < -0.4 is 10.9 Å². The first-order valence-electron chi connectivity index (χ1n) is 6.31. The highest BCUT2D eigenvalue weighted by Gasteiger charge is 2.40. The molecule has 0 aromatic heterocycles. The lowest BCUT2D eigenvalue weighted by molar-refractivity contribution is 0.879. The lowest BCUT2D eigenvalue weighted by Gasteiger charge is -2.40. The minimum absolute atomic E-state index is 0.749. The van der Waals surface area contributed by atoms with E-state index in [0.717, 1.165) is 17.6 Å². The van der Waals surface area contributed by atoms with Crippen molar-refractivity contribution in [2.75, 3.05) is 6.54 Å². The van der Waals surface area contributed by atoms with Crippen LogP contribution in [-0.4, -0.2) is 14.6 Å². The second-order valence-electron chi connectivity index (χ2n) is 5.25. The van der Waals surface area contributed by atoms with Crippen molar-refractivity contribution in [1.82, 2.24) is 0 Å². The molecule has 0 saturated carbocycles. The molecule has 0 fully saturated rings. The molecule has 1 nitrogen and oxygen atoms in total. The van der Waals surface area contributed by atoms with Crippen LogP contribution in [0.1, 0.15) is 27.7 Å². The van der Waals surface area contributed by atoms with Gasteiger partial charge >= 0.3 is 0 Å². The molecule has 2 N–H and O–H groups in total. The first-order valence-corrected chi connectivity index (χ1v) is 8.67. The summed E-state index contributed by atoms with van der Waals surface area (Å²) in [5.41, 5.74) is 7.36. The van der Waals surface area contributed by atoms with Crippen LogP contribution in [0, 0.1) is 0 Å². The fraction of sp³-hybridized carbons (Fsp3) is 0.571. The van der Waals surface area contributed by atoms with Crippen LogP contribution >= 0.6 is 0 Å². The van der Waals surface area contributed by atoms with Crippen molar-refractivity contribution in [3.8, 4) is 0 Å². The second-order valence-corrected chi connectivity index (χ2v) is 10.7. The number of benzene rings is 1. The predicted octanol–water partition coefficient (Wildman–Crippen LogP) is 3.12. The second kappa shape index (κ2) is 5.64. The summed E-state index contributed by atoms with van der Waals surface area (Å²) in [5, 5.41) is 1.57. The molecule has 0 heterocycles. The zero-order valence-electron chi connectivity index (χ0n) is 11.0. The Morgan fingerprint density at radius 2 is 1.50 bits per heavy atom. The molecule has 0 atom stereocenters. The van der Waals surface area contributed by atoms with Gasteiger partial charge in [0.25, 0.3) is 0 Å². The topological polar surface area (TPSA) is 26.0 Å². The molecule has 0 aliphatic heterocycles. The maximum atomic E-state index is 5.86. The van der Waals surface area contributed by atoms with E-state index in [0.29, 0.717) is 0 Å². The van der Waals surface area contributed by atoms with Crippen LogP contribution in [0.3, 0.4) is 0 Å². The molecule has 0 aliphatic carbocycles. The summed E-state index contributed by atoms with van der Waals surface area (Å²) in [4.78, 5) is 0. The Labute approximate surface area is 101 Å². The Kier molecular flexibility index (Phi) is 4.75. The van der Waals surface area contributed by atoms with Gasteiger partial charge in [0.1, 0.15) is 0 Å². The van der Waals surface area contributed by atoms with Crippen molar-refractivity contribution in [2.24, 2.45) is 5.73 Å². The van der Waals surface area contributed by atoms with E-state index < -0.39 is 8.07 Å². The molecule has 1 rings (SSSR count). The monoisotopic (exact) mass is 235 g/mol. The maximum Gasteiger partial charge on any atom is 0.0929 e. The van der Waals surface area contributed by atoms with E-state index in [1.54, 1.807) is 5.19 Å². The van der Waals surface area contributed by atoms with Gasteiger partial charge < -0.3 is 5.73 Å². The van der Waals surface area contributed by atoms with E-state index in [-0.39, 0.29) is 0 Å². The Bertz CT molecular complexity index is 298. The quantitative estimate of drug-likeness (QED) is 0.780. The fourth-order valence-electron chi connectivity index (χ4n) is 3.04. The smallest absolute Gasteiger partial charge is 0.0929 e. The van der Waals surface area contributed by atoms with Gasteiger partial charge in [-0.05, 0) is 23.7 Å². The van der Waals surface area contributed by atoms with Crippen LogP contribution in [0.25, 0.3) is 0 Å². The summed E-state index contributed by atoms with van der Waals surface area (Å²) >= 11 is 0. The fourth-order valence-corrected chi connectivity index (χ4v) is 8.44. The van der Waals surface area contributed by atoms with E-state index in [1.807, 2.05) is 0 Å². The molecule has 0 radical (unpaired) electrons. The highest BCUT2D eigenvalue weighted by Crippen LogP contribution is 2.35. The highest BCUT2D eigenvalue weighted by atomic mass is 28.3. The van der Waals surface area contributed by atoms with Gasteiger partial charge in [0.15, 0.2) is 0 Å². The largest absolute Gasteiger partial charge is 0.331 e. The van der Waals surface area contributed by atoms with Crippen LogP contribution in [0.15, 0.2) is 30.3 Å². The van der Waals surface area contributed by atoms with Gasteiger partial charge in [-0.25, -0.2) is 0 Å². The molecule has 0 saturated heterocycles. The van der Waals surface area contributed by atoms with Gasteiger partial charge in [-0.3, -0.25) is 0 Å². The van der Waals surface area contributed by atoms with Crippen molar-refractivity contribution in [3.63, 3.8) is 0 Å². The molecular formula is C14H25NSi.